The fourth-order valence-electron chi connectivity index (χ4n) is 2.77. The standard InChI is InChI=1S/C18H14FN5O2S/c1-11-20-6-7-23(11)16-5-2-12(8-14(16)19)10-21-18-22-15-4-3-13(24(25)26)9-17(15)27-18/h2-9H,10H2,1H3,(H,21,22). The zero-order valence-corrected chi connectivity index (χ0v) is 15.0. The van der Waals surface area contributed by atoms with Crippen LogP contribution in [0.4, 0.5) is 15.2 Å². The van der Waals surface area contributed by atoms with Crippen LogP contribution in [0.15, 0.2) is 48.8 Å². The van der Waals surface area contributed by atoms with Crippen molar-refractivity contribution in [2.75, 3.05) is 5.32 Å². The van der Waals surface area contributed by atoms with Gasteiger partial charge in [-0.15, -0.1) is 0 Å². The van der Waals surface area contributed by atoms with E-state index >= 15 is 0 Å². The summed E-state index contributed by atoms with van der Waals surface area (Å²) in [6, 6.07) is 9.57. The van der Waals surface area contributed by atoms with Crippen LogP contribution >= 0.6 is 11.3 Å². The molecule has 27 heavy (non-hydrogen) atoms. The fourth-order valence-corrected chi connectivity index (χ4v) is 3.66. The van der Waals surface area contributed by atoms with Gasteiger partial charge in [-0.3, -0.25) is 10.1 Å². The van der Waals surface area contributed by atoms with Gasteiger partial charge in [-0.1, -0.05) is 17.4 Å². The van der Waals surface area contributed by atoms with Crippen molar-refractivity contribution >= 4 is 32.4 Å². The number of rotatable bonds is 5. The first-order chi connectivity index (χ1) is 13.0. The second-order valence-electron chi connectivity index (χ2n) is 5.91. The van der Waals surface area contributed by atoms with Crippen molar-refractivity contribution in [2.24, 2.45) is 0 Å². The lowest BCUT2D eigenvalue weighted by Crippen LogP contribution is -2.03. The molecule has 0 radical (unpaired) electrons. The Hall–Kier alpha value is -3.33. The van der Waals surface area contributed by atoms with Crippen LogP contribution < -0.4 is 5.32 Å². The molecule has 0 unspecified atom stereocenters. The first-order valence-electron chi connectivity index (χ1n) is 8.09. The summed E-state index contributed by atoms with van der Waals surface area (Å²) < 4.78 is 16.9. The van der Waals surface area contributed by atoms with E-state index in [0.29, 0.717) is 28.7 Å². The Labute approximate surface area is 157 Å². The van der Waals surface area contributed by atoms with E-state index in [1.54, 1.807) is 29.1 Å². The van der Waals surface area contributed by atoms with Crippen LogP contribution in [-0.2, 0) is 6.54 Å². The van der Waals surface area contributed by atoms with E-state index in [0.717, 1.165) is 10.3 Å². The quantitative estimate of drug-likeness (QED) is 0.406. The smallest absolute Gasteiger partial charge is 0.270 e. The third-order valence-electron chi connectivity index (χ3n) is 4.12. The molecule has 0 amide bonds. The Kier molecular flexibility index (Phi) is 4.28. The Bertz CT molecular complexity index is 1150. The zero-order valence-electron chi connectivity index (χ0n) is 14.2. The molecule has 2 aromatic heterocycles. The van der Waals surface area contributed by atoms with Gasteiger partial charge in [-0.05, 0) is 30.7 Å². The zero-order chi connectivity index (χ0) is 19.0. The number of hydrogen-bond donors (Lipinski definition) is 1. The number of anilines is 1. The van der Waals surface area contributed by atoms with Gasteiger partial charge in [0.05, 0.1) is 20.8 Å². The lowest BCUT2D eigenvalue weighted by Gasteiger charge is -2.09. The number of aryl methyl sites for hydroxylation is 1. The SMILES string of the molecule is Cc1nccn1-c1ccc(CNc2nc3ccc([N+](=O)[O-])cc3s2)cc1F. The molecule has 0 aliphatic carbocycles. The molecule has 4 aromatic rings. The second-order valence-corrected chi connectivity index (χ2v) is 6.94. The molecule has 1 N–H and O–H groups in total. The second kappa shape index (κ2) is 6.76. The Morgan fingerprint density at radius 3 is 2.85 bits per heavy atom. The molecule has 2 aromatic carbocycles. The van der Waals surface area contributed by atoms with Gasteiger partial charge in [0.2, 0.25) is 0 Å². The number of halogens is 1. The highest BCUT2D eigenvalue weighted by Gasteiger charge is 2.11. The van der Waals surface area contributed by atoms with Crippen LogP contribution in [0.5, 0.6) is 0 Å². The van der Waals surface area contributed by atoms with Gasteiger partial charge in [-0.2, -0.15) is 0 Å². The van der Waals surface area contributed by atoms with E-state index < -0.39 is 4.92 Å². The molecule has 0 aliphatic heterocycles. The van der Waals surface area contributed by atoms with Gasteiger partial charge in [0.15, 0.2) is 5.13 Å². The number of hydrogen-bond acceptors (Lipinski definition) is 6. The highest BCUT2D eigenvalue weighted by molar-refractivity contribution is 7.22. The molecule has 0 saturated carbocycles. The largest absolute Gasteiger partial charge is 0.357 e. The molecular formula is C18H14FN5O2S. The van der Waals surface area contributed by atoms with Crippen LogP contribution in [0.25, 0.3) is 15.9 Å². The minimum atomic E-state index is -0.432. The topological polar surface area (TPSA) is 85.9 Å². The maximum absolute atomic E-state index is 14.5. The van der Waals surface area contributed by atoms with Crippen molar-refractivity contribution in [1.29, 1.82) is 0 Å². The molecule has 136 valence electrons. The molecular weight excluding hydrogens is 369 g/mol. The van der Waals surface area contributed by atoms with Crippen molar-refractivity contribution in [1.82, 2.24) is 14.5 Å². The molecule has 4 rings (SSSR count). The third kappa shape index (κ3) is 3.36. The first-order valence-corrected chi connectivity index (χ1v) is 8.90. The van der Waals surface area contributed by atoms with Crippen molar-refractivity contribution in [3.05, 3.63) is 76.1 Å². The number of thiazole rings is 1. The maximum atomic E-state index is 14.5. The van der Waals surface area contributed by atoms with Gasteiger partial charge in [0, 0.05) is 31.1 Å². The third-order valence-corrected chi connectivity index (χ3v) is 5.10. The predicted octanol–water partition coefficient (Wildman–Crippen LogP) is 4.45. The maximum Gasteiger partial charge on any atom is 0.270 e. The van der Waals surface area contributed by atoms with Crippen LogP contribution in [0.2, 0.25) is 0 Å². The van der Waals surface area contributed by atoms with Crippen LogP contribution in [0.1, 0.15) is 11.4 Å². The van der Waals surface area contributed by atoms with Crippen molar-refractivity contribution in [2.45, 2.75) is 13.5 Å². The lowest BCUT2D eigenvalue weighted by molar-refractivity contribution is -0.384. The number of benzene rings is 2. The Balaban J connectivity index is 1.52. The molecule has 0 fully saturated rings. The predicted molar refractivity (Wildman–Crippen MR) is 102 cm³/mol. The average Bonchev–Trinajstić information content (AvgIpc) is 3.25. The molecule has 0 bridgehead atoms. The summed E-state index contributed by atoms with van der Waals surface area (Å²) in [4.78, 5) is 18.9. The molecule has 0 spiro atoms. The number of nitrogens with one attached hydrogen (secondary N) is 1. The molecule has 2 heterocycles. The summed E-state index contributed by atoms with van der Waals surface area (Å²) in [5.74, 6) is 0.374. The highest BCUT2D eigenvalue weighted by Crippen LogP contribution is 2.29. The number of nitro benzene ring substituents is 1. The molecule has 0 aliphatic rings. The first kappa shape index (κ1) is 17.1. The minimum absolute atomic E-state index is 0.0326. The van der Waals surface area contributed by atoms with E-state index in [4.69, 9.17) is 0 Å². The minimum Gasteiger partial charge on any atom is -0.357 e. The number of imidazole rings is 1. The average molecular weight is 383 g/mol. The molecule has 9 heteroatoms. The van der Waals surface area contributed by atoms with E-state index in [1.807, 2.05) is 13.0 Å². The summed E-state index contributed by atoms with van der Waals surface area (Å²) in [7, 11) is 0. The van der Waals surface area contributed by atoms with Gasteiger partial charge >= 0.3 is 0 Å². The monoisotopic (exact) mass is 383 g/mol. The van der Waals surface area contributed by atoms with Crippen molar-refractivity contribution in [3.8, 4) is 5.69 Å². The number of fused-ring (bicyclic) bond motifs is 1. The van der Waals surface area contributed by atoms with E-state index in [9.17, 15) is 14.5 Å². The molecule has 0 saturated heterocycles. The Morgan fingerprint density at radius 2 is 2.15 bits per heavy atom. The van der Waals surface area contributed by atoms with E-state index in [-0.39, 0.29) is 11.5 Å². The van der Waals surface area contributed by atoms with Crippen LogP contribution in [0.3, 0.4) is 0 Å². The van der Waals surface area contributed by atoms with Crippen LogP contribution in [0, 0.1) is 22.9 Å². The van der Waals surface area contributed by atoms with Gasteiger partial charge in [0.25, 0.3) is 5.69 Å². The molecule has 7 nitrogen and oxygen atoms in total. The number of nitro groups is 1. The lowest BCUT2D eigenvalue weighted by atomic mass is 10.2. The number of non-ortho nitro benzene ring substituents is 1. The van der Waals surface area contributed by atoms with Crippen molar-refractivity contribution in [3.63, 3.8) is 0 Å². The number of nitrogens with zero attached hydrogens (tertiary/aromatic N) is 4. The highest BCUT2D eigenvalue weighted by atomic mass is 32.1. The van der Waals surface area contributed by atoms with Gasteiger partial charge in [0.1, 0.15) is 11.6 Å². The number of aromatic nitrogens is 3. The normalized spacial score (nSPS) is 11.0. The van der Waals surface area contributed by atoms with Gasteiger partial charge < -0.3 is 9.88 Å². The van der Waals surface area contributed by atoms with E-state index in [1.165, 1.54) is 29.5 Å². The van der Waals surface area contributed by atoms with E-state index in [2.05, 4.69) is 15.3 Å². The summed E-state index contributed by atoms with van der Waals surface area (Å²) in [5, 5.41) is 14.6. The van der Waals surface area contributed by atoms with Gasteiger partial charge in [-0.25, -0.2) is 14.4 Å². The summed E-state index contributed by atoms with van der Waals surface area (Å²) in [6.07, 6.45) is 3.34. The fraction of sp³-hybridized carbons (Fsp3) is 0.111. The summed E-state index contributed by atoms with van der Waals surface area (Å²) in [6.45, 7) is 2.20. The summed E-state index contributed by atoms with van der Waals surface area (Å²) in [5.41, 5.74) is 1.93. The molecule has 0 atom stereocenters. The Morgan fingerprint density at radius 1 is 1.30 bits per heavy atom. The van der Waals surface area contributed by atoms with Crippen LogP contribution in [-0.4, -0.2) is 19.5 Å². The van der Waals surface area contributed by atoms with Crippen molar-refractivity contribution < 1.29 is 9.31 Å². The summed E-state index contributed by atoms with van der Waals surface area (Å²) >= 11 is 1.32.